The van der Waals surface area contributed by atoms with Gasteiger partial charge >= 0.3 is 0 Å². The minimum absolute atomic E-state index is 0.0111. The second kappa shape index (κ2) is 7.64. The van der Waals surface area contributed by atoms with Gasteiger partial charge in [-0.2, -0.15) is 0 Å². The largest absolute Gasteiger partial charge is 0.306 e. The Bertz CT molecular complexity index is 1170. The van der Waals surface area contributed by atoms with Crippen LogP contribution >= 0.6 is 11.6 Å². The van der Waals surface area contributed by atoms with Gasteiger partial charge in [0.25, 0.3) is 0 Å². The number of aromatic nitrogens is 1. The number of benzene rings is 2. The topological polar surface area (TPSA) is 50.3 Å². The summed E-state index contributed by atoms with van der Waals surface area (Å²) in [6.07, 6.45) is 3.96. The average Bonchev–Trinajstić information content (AvgIpc) is 2.69. The van der Waals surface area contributed by atoms with Gasteiger partial charge in [-0.05, 0) is 36.2 Å². The monoisotopic (exact) mass is 402 g/mol. The standard InChI is InChI=1S/C24H19ClN2O2/c1-15(28)20-5-3-4-6-21(20)22-12-10-17-7-8-18-9-11-19(25)13-24(18)27(16(2)29)14-23(17)26-22/h3-13H,14H2,1-2H3. The van der Waals surface area contributed by atoms with E-state index < -0.39 is 0 Å². The van der Waals surface area contributed by atoms with E-state index in [0.29, 0.717) is 22.8 Å². The molecule has 0 aliphatic carbocycles. The molecule has 1 aliphatic heterocycles. The van der Waals surface area contributed by atoms with Crippen molar-refractivity contribution in [2.24, 2.45) is 0 Å². The highest BCUT2D eigenvalue weighted by atomic mass is 35.5. The van der Waals surface area contributed by atoms with Crippen LogP contribution in [0.1, 0.15) is 41.0 Å². The molecule has 3 aromatic rings. The van der Waals surface area contributed by atoms with Gasteiger partial charge in [-0.15, -0.1) is 0 Å². The Kier molecular flexibility index (Phi) is 5.03. The van der Waals surface area contributed by atoms with Gasteiger partial charge in [0.1, 0.15) is 0 Å². The van der Waals surface area contributed by atoms with Gasteiger partial charge in [0.2, 0.25) is 5.91 Å². The zero-order valence-corrected chi connectivity index (χ0v) is 16.9. The molecule has 5 heteroatoms. The molecule has 4 rings (SSSR count). The molecular weight excluding hydrogens is 384 g/mol. The highest BCUT2D eigenvalue weighted by Crippen LogP contribution is 2.32. The molecule has 2 heterocycles. The molecule has 0 bridgehead atoms. The Morgan fingerprint density at radius 1 is 0.966 bits per heavy atom. The maximum Gasteiger partial charge on any atom is 0.224 e. The lowest BCUT2D eigenvalue weighted by atomic mass is 9.99. The van der Waals surface area contributed by atoms with E-state index in [1.807, 2.05) is 54.6 Å². The summed E-state index contributed by atoms with van der Waals surface area (Å²) in [7, 11) is 0. The zero-order valence-electron chi connectivity index (χ0n) is 16.1. The summed E-state index contributed by atoms with van der Waals surface area (Å²) < 4.78 is 0. The molecule has 0 radical (unpaired) electrons. The number of Topliss-reactive ketones (excluding diaryl/α,β-unsaturated/α-hetero) is 1. The fraction of sp³-hybridized carbons (Fsp3) is 0.125. The van der Waals surface area contributed by atoms with Gasteiger partial charge < -0.3 is 4.90 Å². The zero-order chi connectivity index (χ0) is 20.5. The number of nitrogens with zero attached hydrogens (tertiary/aromatic N) is 2. The van der Waals surface area contributed by atoms with Crippen LogP contribution < -0.4 is 4.90 Å². The van der Waals surface area contributed by atoms with Gasteiger partial charge in [0.05, 0.1) is 23.6 Å². The summed E-state index contributed by atoms with van der Waals surface area (Å²) in [6, 6.07) is 16.8. The predicted octanol–water partition coefficient (Wildman–Crippen LogP) is 5.64. The lowest BCUT2D eigenvalue weighted by molar-refractivity contribution is -0.116. The van der Waals surface area contributed by atoms with Crippen LogP contribution in [0.3, 0.4) is 0 Å². The smallest absolute Gasteiger partial charge is 0.224 e. The van der Waals surface area contributed by atoms with E-state index >= 15 is 0 Å². The lowest BCUT2D eigenvalue weighted by Crippen LogP contribution is -2.29. The minimum atomic E-state index is -0.0916. The maximum atomic E-state index is 12.4. The third-order valence-corrected chi connectivity index (χ3v) is 5.24. The number of carbonyl (C=O) groups excluding carboxylic acids is 2. The molecule has 0 atom stereocenters. The predicted molar refractivity (Wildman–Crippen MR) is 117 cm³/mol. The van der Waals surface area contributed by atoms with Crippen molar-refractivity contribution in [3.8, 4) is 11.3 Å². The second-order valence-electron chi connectivity index (χ2n) is 6.98. The fourth-order valence-electron chi connectivity index (χ4n) is 3.54. The Hall–Kier alpha value is -3.24. The number of rotatable bonds is 2. The van der Waals surface area contributed by atoms with Crippen LogP contribution in [0.25, 0.3) is 23.4 Å². The summed E-state index contributed by atoms with van der Waals surface area (Å²) in [5.74, 6) is -0.103. The van der Waals surface area contributed by atoms with Gasteiger partial charge in [-0.3, -0.25) is 14.6 Å². The van der Waals surface area contributed by atoms with Gasteiger partial charge in [0, 0.05) is 23.1 Å². The van der Waals surface area contributed by atoms with Gasteiger partial charge in [0.15, 0.2) is 5.78 Å². The van der Waals surface area contributed by atoms with Gasteiger partial charge in [-0.25, -0.2) is 0 Å². The van der Waals surface area contributed by atoms with Crippen LogP contribution in [0.5, 0.6) is 0 Å². The van der Waals surface area contributed by atoms with Gasteiger partial charge in [-0.1, -0.05) is 60.2 Å². The number of carbonyl (C=O) groups is 2. The molecule has 0 spiro atoms. The summed E-state index contributed by atoms with van der Waals surface area (Å²) in [4.78, 5) is 31.0. The molecule has 1 aliphatic rings. The van der Waals surface area contributed by atoms with Crippen molar-refractivity contribution in [1.82, 2.24) is 4.98 Å². The van der Waals surface area contributed by atoms with E-state index in [1.54, 1.807) is 24.0 Å². The highest BCUT2D eigenvalue weighted by molar-refractivity contribution is 6.31. The SMILES string of the molecule is CC(=O)c1ccccc1-c1ccc2c(n1)CN(C(C)=O)c1cc(Cl)ccc1C=C2. The molecule has 0 saturated carbocycles. The average molecular weight is 403 g/mol. The number of ketones is 1. The number of hydrogen-bond donors (Lipinski definition) is 0. The van der Waals surface area contributed by atoms with Crippen molar-refractivity contribution >= 4 is 41.1 Å². The van der Waals surface area contributed by atoms with E-state index in [9.17, 15) is 9.59 Å². The number of anilines is 1. The Morgan fingerprint density at radius 2 is 1.69 bits per heavy atom. The molecule has 1 aromatic heterocycles. The Balaban J connectivity index is 1.86. The van der Waals surface area contributed by atoms with Crippen molar-refractivity contribution in [3.05, 3.63) is 82.0 Å². The van der Waals surface area contributed by atoms with Crippen LogP contribution in [0.15, 0.2) is 54.6 Å². The van der Waals surface area contributed by atoms with Crippen LogP contribution in [-0.2, 0) is 11.3 Å². The number of pyridine rings is 1. The van der Waals surface area contributed by atoms with Crippen molar-refractivity contribution < 1.29 is 9.59 Å². The van der Waals surface area contributed by atoms with E-state index in [0.717, 1.165) is 28.1 Å². The summed E-state index contributed by atoms with van der Waals surface area (Å²) in [5.41, 5.74) is 5.48. The normalized spacial score (nSPS) is 12.6. The van der Waals surface area contributed by atoms with E-state index in [-0.39, 0.29) is 11.7 Å². The van der Waals surface area contributed by atoms with Crippen molar-refractivity contribution in [3.63, 3.8) is 0 Å². The van der Waals surface area contributed by atoms with Crippen molar-refractivity contribution in [2.45, 2.75) is 20.4 Å². The summed E-state index contributed by atoms with van der Waals surface area (Å²) in [6.45, 7) is 3.40. The first kappa shape index (κ1) is 19.1. The number of hydrogen-bond acceptors (Lipinski definition) is 3. The molecule has 0 fully saturated rings. The van der Waals surface area contributed by atoms with Crippen molar-refractivity contribution in [1.29, 1.82) is 0 Å². The second-order valence-corrected chi connectivity index (χ2v) is 7.41. The Morgan fingerprint density at radius 3 is 2.45 bits per heavy atom. The Labute approximate surface area is 174 Å². The van der Waals surface area contributed by atoms with Crippen LogP contribution in [0, 0.1) is 0 Å². The number of fused-ring (bicyclic) bond motifs is 2. The first-order valence-corrected chi connectivity index (χ1v) is 9.68. The number of halogens is 1. The van der Waals surface area contributed by atoms with E-state index in [4.69, 9.17) is 16.6 Å². The molecule has 0 saturated heterocycles. The fourth-order valence-corrected chi connectivity index (χ4v) is 3.71. The maximum absolute atomic E-state index is 12.4. The molecule has 0 unspecified atom stereocenters. The first-order chi connectivity index (χ1) is 13.9. The van der Waals surface area contributed by atoms with Crippen molar-refractivity contribution in [2.75, 3.05) is 4.90 Å². The lowest BCUT2D eigenvalue weighted by Gasteiger charge is -2.26. The molecule has 4 nitrogen and oxygen atoms in total. The minimum Gasteiger partial charge on any atom is -0.306 e. The third-order valence-electron chi connectivity index (χ3n) is 5.01. The number of amides is 1. The first-order valence-electron chi connectivity index (χ1n) is 9.30. The molecule has 29 heavy (non-hydrogen) atoms. The van der Waals surface area contributed by atoms with Crippen LogP contribution in [0.2, 0.25) is 5.02 Å². The van der Waals surface area contributed by atoms with Crippen LogP contribution in [-0.4, -0.2) is 16.7 Å². The molecule has 0 N–H and O–H groups in total. The molecule has 1 amide bonds. The van der Waals surface area contributed by atoms with E-state index in [1.165, 1.54) is 6.92 Å². The highest BCUT2D eigenvalue weighted by Gasteiger charge is 2.20. The third kappa shape index (κ3) is 3.71. The van der Waals surface area contributed by atoms with E-state index in [2.05, 4.69) is 0 Å². The van der Waals surface area contributed by atoms with Crippen LogP contribution in [0.4, 0.5) is 5.69 Å². The molecule has 144 valence electrons. The summed E-state index contributed by atoms with van der Waals surface area (Å²) in [5, 5.41) is 0.571. The molecule has 2 aromatic carbocycles. The summed E-state index contributed by atoms with van der Waals surface area (Å²) >= 11 is 6.18. The molecular formula is C24H19ClN2O2. The quantitative estimate of drug-likeness (QED) is 0.521.